The van der Waals surface area contributed by atoms with Crippen LogP contribution < -0.4 is 0 Å². The van der Waals surface area contributed by atoms with Gasteiger partial charge in [-0.15, -0.1) is 0 Å². The lowest BCUT2D eigenvalue weighted by atomic mass is 10.0. The van der Waals surface area contributed by atoms with Gasteiger partial charge in [-0.05, 0) is 47.2 Å². The SMILES string of the molecule is c1ccc(-c2nc(-n3c4ccc5ccccc5c4c4cc5c6ccccc6n6c7ccccc7c(c43)c56)nc3cccnc23)cc1. The fourth-order valence-corrected chi connectivity index (χ4v) is 7.84. The van der Waals surface area contributed by atoms with Crippen LogP contribution in [0.5, 0.6) is 0 Å². The molecule has 0 aliphatic heterocycles. The second-order valence-electron chi connectivity index (χ2n) is 12.0. The molecule has 5 aromatic heterocycles. The highest BCUT2D eigenvalue weighted by molar-refractivity contribution is 6.36. The molecule has 0 N–H and O–H groups in total. The van der Waals surface area contributed by atoms with Crippen LogP contribution in [0.2, 0.25) is 0 Å². The fourth-order valence-electron chi connectivity index (χ4n) is 7.84. The number of pyridine rings is 1. The Morgan fingerprint density at radius 3 is 2.09 bits per heavy atom. The fraction of sp³-hybridized carbons (Fsp3) is 0. The van der Waals surface area contributed by atoms with Gasteiger partial charge >= 0.3 is 0 Å². The molecule has 46 heavy (non-hydrogen) atoms. The predicted molar refractivity (Wildman–Crippen MR) is 189 cm³/mol. The minimum Gasteiger partial charge on any atom is -0.308 e. The topological polar surface area (TPSA) is 48.0 Å². The average molecular weight is 586 g/mol. The number of hydrogen-bond donors (Lipinski definition) is 0. The van der Waals surface area contributed by atoms with Crippen LogP contribution in [0.15, 0.2) is 140 Å². The van der Waals surface area contributed by atoms with Crippen molar-refractivity contribution in [2.45, 2.75) is 0 Å². The third kappa shape index (κ3) is 2.97. The molecule has 11 aromatic rings. The van der Waals surface area contributed by atoms with Gasteiger partial charge in [-0.2, -0.15) is 0 Å². The van der Waals surface area contributed by atoms with Crippen molar-refractivity contribution in [2.24, 2.45) is 0 Å². The number of nitrogens with zero attached hydrogens (tertiary/aromatic N) is 5. The molecule has 6 aromatic carbocycles. The quantitative estimate of drug-likeness (QED) is 0.203. The Morgan fingerprint density at radius 1 is 0.478 bits per heavy atom. The first-order valence-electron chi connectivity index (χ1n) is 15.6. The van der Waals surface area contributed by atoms with Crippen molar-refractivity contribution in [1.29, 1.82) is 0 Å². The maximum atomic E-state index is 5.35. The molecule has 0 aliphatic carbocycles. The van der Waals surface area contributed by atoms with Crippen LogP contribution in [0.4, 0.5) is 0 Å². The Kier molecular flexibility index (Phi) is 4.52. The molecule has 11 rings (SSSR count). The Balaban J connectivity index is 1.43. The maximum absolute atomic E-state index is 5.35. The summed E-state index contributed by atoms with van der Waals surface area (Å²) in [6, 6.07) is 47.4. The van der Waals surface area contributed by atoms with Gasteiger partial charge in [0.15, 0.2) is 0 Å². The molecule has 0 saturated heterocycles. The van der Waals surface area contributed by atoms with E-state index < -0.39 is 0 Å². The number of benzene rings is 6. The van der Waals surface area contributed by atoms with E-state index in [1.165, 1.54) is 59.6 Å². The summed E-state index contributed by atoms with van der Waals surface area (Å²) in [5, 5.41) is 9.80. The zero-order chi connectivity index (χ0) is 29.9. The van der Waals surface area contributed by atoms with Gasteiger partial charge in [0.2, 0.25) is 5.95 Å². The summed E-state index contributed by atoms with van der Waals surface area (Å²) >= 11 is 0. The van der Waals surface area contributed by atoms with Gasteiger partial charge in [-0.1, -0.05) is 97.1 Å². The second-order valence-corrected chi connectivity index (χ2v) is 12.0. The van der Waals surface area contributed by atoms with Crippen molar-refractivity contribution in [3.05, 3.63) is 140 Å². The Labute approximate surface area is 261 Å². The van der Waals surface area contributed by atoms with Crippen LogP contribution >= 0.6 is 0 Å². The number of para-hydroxylation sites is 2. The average Bonchev–Trinajstić information content (AvgIpc) is 3.76. The van der Waals surface area contributed by atoms with Gasteiger partial charge in [-0.3, -0.25) is 9.55 Å². The Bertz CT molecular complexity index is 3020. The third-order valence-corrected chi connectivity index (χ3v) is 9.68. The van der Waals surface area contributed by atoms with Crippen LogP contribution in [0, 0.1) is 0 Å². The first-order valence-corrected chi connectivity index (χ1v) is 15.6. The summed E-state index contributed by atoms with van der Waals surface area (Å²) in [6.45, 7) is 0. The van der Waals surface area contributed by atoms with E-state index in [0.29, 0.717) is 5.95 Å². The van der Waals surface area contributed by atoms with Crippen LogP contribution in [0.1, 0.15) is 0 Å². The van der Waals surface area contributed by atoms with Crippen LogP contribution in [-0.4, -0.2) is 23.9 Å². The van der Waals surface area contributed by atoms with Crippen LogP contribution in [-0.2, 0) is 0 Å². The summed E-state index contributed by atoms with van der Waals surface area (Å²) in [4.78, 5) is 15.3. The van der Waals surface area contributed by atoms with Crippen molar-refractivity contribution in [3.63, 3.8) is 0 Å². The molecular formula is C41H23N5. The largest absolute Gasteiger partial charge is 0.308 e. The normalized spacial score (nSPS) is 12.3. The van der Waals surface area contributed by atoms with E-state index in [9.17, 15) is 0 Å². The molecule has 0 aliphatic rings. The van der Waals surface area contributed by atoms with E-state index in [1.807, 2.05) is 36.5 Å². The molecule has 0 bridgehead atoms. The van der Waals surface area contributed by atoms with Gasteiger partial charge in [0.05, 0.1) is 33.1 Å². The smallest absolute Gasteiger partial charge is 0.235 e. The number of hydrogen-bond acceptors (Lipinski definition) is 3. The summed E-state index contributed by atoms with van der Waals surface area (Å²) in [5.41, 5.74) is 9.30. The van der Waals surface area contributed by atoms with E-state index in [1.54, 1.807) is 0 Å². The monoisotopic (exact) mass is 585 g/mol. The lowest BCUT2D eigenvalue weighted by Crippen LogP contribution is -2.04. The van der Waals surface area contributed by atoms with E-state index in [4.69, 9.17) is 15.0 Å². The zero-order valence-corrected chi connectivity index (χ0v) is 24.5. The lowest BCUT2D eigenvalue weighted by molar-refractivity contribution is 1.01. The minimum absolute atomic E-state index is 0.636. The van der Waals surface area contributed by atoms with Gasteiger partial charge in [0.1, 0.15) is 11.2 Å². The van der Waals surface area contributed by atoms with E-state index in [-0.39, 0.29) is 0 Å². The third-order valence-electron chi connectivity index (χ3n) is 9.68. The van der Waals surface area contributed by atoms with Crippen LogP contribution in [0.3, 0.4) is 0 Å². The molecule has 0 spiro atoms. The highest BCUT2D eigenvalue weighted by atomic mass is 15.2. The summed E-state index contributed by atoms with van der Waals surface area (Å²) in [5.74, 6) is 0.636. The number of aromatic nitrogens is 5. The maximum Gasteiger partial charge on any atom is 0.235 e. The number of fused-ring (bicyclic) bond motifs is 13. The molecule has 0 fully saturated rings. The predicted octanol–water partition coefficient (Wildman–Crippen LogP) is 10.1. The molecular weight excluding hydrogens is 562 g/mol. The molecule has 5 heteroatoms. The lowest BCUT2D eigenvalue weighted by Gasteiger charge is -2.12. The van der Waals surface area contributed by atoms with Crippen molar-refractivity contribution < 1.29 is 0 Å². The summed E-state index contributed by atoms with van der Waals surface area (Å²) < 4.78 is 4.74. The number of rotatable bonds is 2. The second kappa shape index (κ2) is 8.65. The summed E-state index contributed by atoms with van der Waals surface area (Å²) in [7, 11) is 0. The van der Waals surface area contributed by atoms with Crippen LogP contribution in [0.25, 0.3) is 98.9 Å². The molecule has 0 radical (unpaired) electrons. The first-order chi connectivity index (χ1) is 22.8. The molecule has 0 atom stereocenters. The van der Waals surface area contributed by atoms with E-state index in [0.717, 1.165) is 33.3 Å². The molecule has 0 amide bonds. The summed E-state index contributed by atoms with van der Waals surface area (Å²) in [6.07, 6.45) is 1.82. The van der Waals surface area contributed by atoms with Gasteiger partial charge in [0, 0.05) is 44.1 Å². The van der Waals surface area contributed by atoms with Crippen molar-refractivity contribution in [3.8, 4) is 17.2 Å². The Hall–Kier alpha value is -6.33. The Morgan fingerprint density at radius 2 is 1.22 bits per heavy atom. The molecule has 5 heterocycles. The van der Waals surface area contributed by atoms with Crippen molar-refractivity contribution >= 4 is 81.7 Å². The zero-order valence-electron chi connectivity index (χ0n) is 24.5. The molecule has 0 unspecified atom stereocenters. The van der Waals surface area contributed by atoms with Crippen molar-refractivity contribution in [2.75, 3.05) is 0 Å². The highest BCUT2D eigenvalue weighted by Gasteiger charge is 2.26. The molecule has 0 saturated carbocycles. The van der Waals surface area contributed by atoms with Gasteiger partial charge < -0.3 is 4.40 Å². The van der Waals surface area contributed by atoms with E-state index in [2.05, 4.69) is 112 Å². The minimum atomic E-state index is 0.636. The van der Waals surface area contributed by atoms with Gasteiger partial charge in [0.25, 0.3) is 0 Å². The molecule has 5 nitrogen and oxygen atoms in total. The highest BCUT2D eigenvalue weighted by Crippen LogP contribution is 2.47. The standard InChI is InChI=1S/C41H23N5/c1-2-12-25(13-3-1)37-38-31(17-10-22-42-38)43-41(44-37)46-34-21-20-24-11-4-5-14-26(24)35(34)30-23-29-27-15-6-8-18-32(27)45-33-19-9-7-16-28(33)36(39(29)45)40(30)46/h1-23H. The van der Waals surface area contributed by atoms with Crippen molar-refractivity contribution in [1.82, 2.24) is 23.9 Å². The van der Waals surface area contributed by atoms with Gasteiger partial charge in [-0.25, -0.2) is 9.97 Å². The first kappa shape index (κ1) is 24.0. The van der Waals surface area contributed by atoms with E-state index >= 15 is 0 Å². The molecule has 212 valence electrons.